The van der Waals surface area contributed by atoms with E-state index in [1.165, 1.54) is 17.4 Å². The van der Waals surface area contributed by atoms with E-state index >= 15 is 0 Å². The molecular weight excluding hydrogens is 266 g/mol. The average molecular weight is 279 g/mol. The zero-order chi connectivity index (χ0) is 13.2. The number of non-ortho nitro benzene ring substituents is 1. The summed E-state index contributed by atoms with van der Waals surface area (Å²) < 4.78 is 6.14. The third-order valence-electron chi connectivity index (χ3n) is 3.13. The van der Waals surface area contributed by atoms with Crippen molar-refractivity contribution in [3.8, 4) is 0 Å². The molecule has 100 valence electrons. The van der Waals surface area contributed by atoms with Gasteiger partial charge in [-0.05, 0) is 18.9 Å². The molecule has 6 nitrogen and oxygen atoms in total. The lowest BCUT2D eigenvalue weighted by Gasteiger charge is -2.22. The molecule has 19 heavy (non-hydrogen) atoms. The summed E-state index contributed by atoms with van der Waals surface area (Å²) in [4.78, 5) is 14.8. The number of rotatable bonds is 3. The summed E-state index contributed by atoms with van der Waals surface area (Å²) in [5, 5.41) is 14.9. The SMILES string of the molecule is O=[N+]([O-])c1ccc2nc(NC3CCOCC3)sc2c1. The Balaban J connectivity index is 1.82. The Kier molecular flexibility index (Phi) is 3.31. The van der Waals surface area contributed by atoms with E-state index in [0.717, 1.165) is 41.4 Å². The molecule has 0 spiro atoms. The molecule has 2 heterocycles. The predicted octanol–water partition coefficient (Wildman–Crippen LogP) is 2.80. The molecule has 0 unspecified atom stereocenters. The summed E-state index contributed by atoms with van der Waals surface area (Å²) >= 11 is 1.46. The highest BCUT2D eigenvalue weighted by Gasteiger charge is 2.16. The number of fused-ring (bicyclic) bond motifs is 1. The third-order valence-corrected chi connectivity index (χ3v) is 4.08. The Morgan fingerprint density at radius 3 is 2.95 bits per heavy atom. The van der Waals surface area contributed by atoms with Gasteiger partial charge in [0, 0.05) is 31.4 Å². The lowest BCUT2D eigenvalue weighted by molar-refractivity contribution is -0.384. The topological polar surface area (TPSA) is 77.3 Å². The van der Waals surface area contributed by atoms with E-state index in [1.807, 2.05) is 0 Å². The zero-order valence-corrected chi connectivity index (χ0v) is 11.0. The number of hydrogen-bond donors (Lipinski definition) is 1. The molecular formula is C12H13N3O3S. The molecule has 2 aromatic rings. The monoisotopic (exact) mass is 279 g/mol. The number of benzene rings is 1. The van der Waals surface area contributed by atoms with Crippen LogP contribution in [0.15, 0.2) is 18.2 Å². The molecule has 1 aliphatic rings. The van der Waals surface area contributed by atoms with Gasteiger partial charge in [-0.3, -0.25) is 10.1 Å². The molecule has 0 bridgehead atoms. The lowest BCUT2D eigenvalue weighted by Crippen LogP contribution is -2.27. The van der Waals surface area contributed by atoms with Gasteiger partial charge in [0.2, 0.25) is 0 Å². The number of anilines is 1. The van der Waals surface area contributed by atoms with Crippen LogP contribution in [-0.2, 0) is 4.74 Å². The van der Waals surface area contributed by atoms with Gasteiger partial charge in [0.05, 0.1) is 15.1 Å². The number of hydrogen-bond acceptors (Lipinski definition) is 6. The Labute approximate surface area is 113 Å². The molecule has 1 aromatic heterocycles. The maximum atomic E-state index is 10.7. The minimum Gasteiger partial charge on any atom is -0.381 e. The molecule has 1 fully saturated rings. The van der Waals surface area contributed by atoms with Crippen molar-refractivity contribution < 1.29 is 9.66 Å². The van der Waals surface area contributed by atoms with E-state index in [9.17, 15) is 10.1 Å². The summed E-state index contributed by atoms with van der Waals surface area (Å²) in [5.74, 6) is 0. The van der Waals surface area contributed by atoms with Crippen molar-refractivity contribution in [2.24, 2.45) is 0 Å². The molecule has 1 saturated heterocycles. The van der Waals surface area contributed by atoms with Crippen LogP contribution in [0.25, 0.3) is 10.2 Å². The van der Waals surface area contributed by atoms with Crippen LogP contribution in [0.1, 0.15) is 12.8 Å². The van der Waals surface area contributed by atoms with Gasteiger partial charge in [-0.15, -0.1) is 0 Å². The molecule has 1 aliphatic heterocycles. The molecule has 1 N–H and O–H groups in total. The van der Waals surface area contributed by atoms with E-state index in [-0.39, 0.29) is 10.6 Å². The van der Waals surface area contributed by atoms with Crippen LogP contribution in [-0.4, -0.2) is 29.2 Å². The zero-order valence-electron chi connectivity index (χ0n) is 10.2. The van der Waals surface area contributed by atoms with E-state index < -0.39 is 0 Å². The maximum absolute atomic E-state index is 10.7. The number of thiazole rings is 1. The van der Waals surface area contributed by atoms with Crippen LogP contribution in [0.3, 0.4) is 0 Å². The standard InChI is InChI=1S/C12H13N3O3S/c16-15(17)9-1-2-10-11(7-9)19-12(14-10)13-8-3-5-18-6-4-8/h1-2,7-8H,3-6H2,(H,13,14). The van der Waals surface area contributed by atoms with Crippen LogP contribution < -0.4 is 5.32 Å². The van der Waals surface area contributed by atoms with Crippen molar-refractivity contribution in [3.05, 3.63) is 28.3 Å². The fourth-order valence-corrected chi connectivity index (χ4v) is 3.08. The second kappa shape index (κ2) is 5.10. The summed E-state index contributed by atoms with van der Waals surface area (Å²) in [6.07, 6.45) is 1.94. The number of nitrogens with one attached hydrogen (secondary N) is 1. The first-order valence-corrected chi connectivity index (χ1v) is 6.93. The van der Waals surface area contributed by atoms with Gasteiger partial charge in [-0.2, -0.15) is 0 Å². The van der Waals surface area contributed by atoms with E-state index in [1.54, 1.807) is 12.1 Å². The predicted molar refractivity (Wildman–Crippen MR) is 73.7 cm³/mol. The van der Waals surface area contributed by atoms with Gasteiger partial charge in [-0.25, -0.2) is 4.98 Å². The lowest BCUT2D eigenvalue weighted by atomic mass is 10.1. The number of nitro groups is 1. The largest absolute Gasteiger partial charge is 0.381 e. The van der Waals surface area contributed by atoms with Gasteiger partial charge < -0.3 is 10.1 Å². The molecule has 3 rings (SSSR count). The molecule has 0 aliphatic carbocycles. The first kappa shape index (κ1) is 12.3. The fourth-order valence-electron chi connectivity index (χ4n) is 2.11. The van der Waals surface area contributed by atoms with Gasteiger partial charge >= 0.3 is 0 Å². The van der Waals surface area contributed by atoms with Crippen LogP contribution in [0.5, 0.6) is 0 Å². The van der Waals surface area contributed by atoms with Gasteiger partial charge in [0.25, 0.3) is 5.69 Å². The van der Waals surface area contributed by atoms with Gasteiger partial charge in [-0.1, -0.05) is 11.3 Å². The molecule has 0 amide bonds. The second-order valence-electron chi connectivity index (χ2n) is 4.46. The van der Waals surface area contributed by atoms with Crippen molar-refractivity contribution in [3.63, 3.8) is 0 Å². The van der Waals surface area contributed by atoms with Crippen LogP contribution in [0.4, 0.5) is 10.8 Å². The maximum Gasteiger partial charge on any atom is 0.270 e. The minimum atomic E-state index is -0.384. The van der Waals surface area contributed by atoms with Crippen molar-refractivity contribution >= 4 is 32.4 Å². The fraction of sp³-hybridized carbons (Fsp3) is 0.417. The number of nitro benzene ring substituents is 1. The third kappa shape index (κ3) is 2.66. The Morgan fingerprint density at radius 1 is 1.42 bits per heavy atom. The Hall–Kier alpha value is -1.73. The van der Waals surface area contributed by atoms with Crippen molar-refractivity contribution in [2.75, 3.05) is 18.5 Å². The van der Waals surface area contributed by atoms with Crippen LogP contribution in [0, 0.1) is 10.1 Å². The summed E-state index contributed by atoms with van der Waals surface area (Å²) in [6.45, 7) is 1.54. The van der Waals surface area contributed by atoms with E-state index in [0.29, 0.717) is 6.04 Å². The van der Waals surface area contributed by atoms with E-state index in [4.69, 9.17) is 4.74 Å². The highest BCUT2D eigenvalue weighted by atomic mass is 32.1. The summed E-state index contributed by atoms with van der Waals surface area (Å²) in [5.41, 5.74) is 0.902. The van der Waals surface area contributed by atoms with E-state index in [2.05, 4.69) is 10.3 Å². The highest BCUT2D eigenvalue weighted by Crippen LogP contribution is 2.30. The van der Waals surface area contributed by atoms with Crippen molar-refractivity contribution in [1.29, 1.82) is 0 Å². The summed E-state index contributed by atoms with van der Waals surface area (Å²) in [7, 11) is 0. The number of nitrogens with zero attached hydrogens (tertiary/aromatic N) is 2. The Bertz CT molecular complexity index is 607. The highest BCUT2D eigenvalue weighted by molar-refractivity contribution is 7.22. The number of ether oxygens (including phenoxy) is 1. The van der Waals surface area contributed by atoms with Gasteiger partial charge in [0.15, 0.2) is 5.13 Å². The number of aromatic nitrogens is 1. The molecule has 1 aromatic carbocycles. The Morgan fingerprint density at radius 2 is 2.21 bits per heavy atom. The quantitative estimate of drug-likeness (QED) is 0.690. The van der Waals surface area contributed by atoms with Gasteiger partial charge in [0.1, 0.15) is 0 Å². The van der Waals surface area contributed by atoms with Crippen molar-refractivity contribution in [1.82, 2.24) is 4.98 Å². The second-order valence-corrected chi connectivity index (χ2v) is 5.49. The molecule has 0 atom stereocenters. The first-order chi connectivity index (χ1) is 9.22. The normalized spacial score (nSPS) is 16.6. The van der Waals surface area contributed by atoms with Crippen LogP contribution >= 0.6 is 11.3 Å². The van der Waals surface area contributed by atoms with Crippen molar-refractivity contribution in [2.45, 2.75) is 18.9 Å². The summed E-state index contributed by atoms with van der Waals surface area (Å²) in [6, 6.07) is 5.13. The minimum absolute atomic E-state index is 0.105. The average Bonchev–Trinajstić information content (AvgIpc) is 2.80. The molecule has 0 radical (unpaired) electrons. The van der Waals surface area contributed by atoms with Crippen LogP contribution in [0.2, 0.25) is 0 Å². The smallest absolute Gasteiger partial charge is 0.270 e. The first-order valence-electron chi connectivity index (χ1n) is 6.11. The molecule has 7 heteroatoms. The molecule has 0 saturated carbocycles.